The quantitative estimate of drug-likeness (QED) is 0.649. The van der Waals surface area contributed by atoms with Gasteiger partial charge in [0.05, 0.1) is 7.11 Å². The molecule has 0 saturated heterocycles. The first-order valence-corrected chi connectivity index (χ1v) is 6.01. The predicted molar refractivity (Wildman–Crippen MR) is 66.7 cm³/mol. The number of esters is 1. The lowest BCUT2D eigenvalue weighted by Gasteiger charge is -2.12. The van der Waals surface area contributed by atoms with Crippen LogP contribution in [0.5, 0.6) is 0 Å². The lowest BCUT2D eigenvalue weighted by Crippen LogP contribution is -2.37. The van der Waals surface area contributed by atoms with E-state index < -0.39 is 11.4 Å². The number of hydrogen-bond donors (Lipinski definition) is 1. The van der Waals surface area contributed by atoms with Crippen LogP contribution in [0, 0.1) is 12.3 Å². The molecule has 18 heavy (non-hydrogen) atoms. The number of carbonyl (C=O) groups is 2. The number of ether oxygens (including phenoxy) is 1. The summed E-state index contributed by atoms with van der Waals surface area (Å²) in [4.78, 5) is 23.5. The SMILES string of the molecule is COC(=O)C1(C(=O)NCc2ccc(C)cc2)CC1. The Morgan fingerprint density at radius 3 is 2.39 bits per heavy atom. The standard InChI is InChI=1S/C14H17NO3/c1-10-3-5-11(6-4-10)9-15-12(16)14(7-8-14)13(17)18-2/h3-6H,7-9H2,1-2H3,(H,15,16). The maximum Gasteiger partial charge on any atom is 0.321 e. The van der Waals surface area contributed by atoms with Crippen molar-refractivity contribution in [1.29, 1.82) is 0 Å². The molecule has 1 saturated carbocycles. The zero-order chi connectivity index (χ0) is 13.2. The fraction of sp³-hybridized carbons (Fsp3) is 0.429. The molecule has 1 N–H and O–H groups in total. The Bertz CT molecular complexity index is 460. The second-order valence-corrected chi connectivity index (χ2v) is 4.74. The zero-order valence-electron chi connectivity index (χ0n) is 10.7. The average Bonchev–Trinajstić information content (AvgIpc) is 3.18. The van der Waals surface area contributed by atoms with Crippen molar-refractivity contribution in [2.45, 2.75) is 26.3 Å². The number of rotatable bonds is 4. The van der Waals surface area contributed by atoms with Crippen LogP contribution < -0.4 is 5.32 Å². The van der Waals surface area contributed by atoms with Gasteiger partial charge in [0.25, 0.3) is 0 Å². The number of amides is 1. The van der Waals surface area contributed by atoms with Gasteiger partial charge in [-0.25, -0.2) is 0 Å². The molecule has 0 bridgehead atoms. The van der Waals surface area contributed by atoms with E-state index in [1.807, 2.05) is 31.2 Å². The lowest BCUT2D eigenvalue weighted by molar-refractivity contribution is -0.152. The van der Waals surface area contributed by atoms with E-state index in [0.717, 1.165) is 5.56 Å². The number of benzene rings is 1. The topological polar surface area (TPSA) is 55.4 Å². The molecule has 0 heterocycles. The van der Waals surface area contributed by atoms with Crippen LogP contribution in [-0.2, 0) is 20.9 Å². The Balaban J connectivity index is 1.93. The van der Waals surface area contributed by atoms with Crippen LogP contribution in [0.25, 0.3) is 0 Å². The van der Waals surface area contributed by atoms with Crippen molar-refractivity contribution in [1.82, 2.24) is 5.32 Å². The molecular weight excluding hydrogens is 230 g/mol. The van der Waals surface area contributed by atoms with E-state index in [1.54, 1.807) is 0 Å². The Morgan fingerprint density at radius 2 is 1.89 bits per heavy atom. The highest BCUT2D eigenvalue weighted by Crippen LogP contribution is 2.46. The van der Waals surface area contributed by atoms with Crippen molar-refractivity contribution in [2.75, 3.05) is 7.11 Å². The lowest BCUT2D eigenvalue weighted by atomic mass is 10.1. The summed E-state index contributed by atoms with van der Waals surface area (Å²) in [5.74, 6) is -0.654. The molecule has 0 radical (unpaired) electrons. The fourth-order valence-electron chi connectivity index (χ4n) is 1.90. The van der Waals surface area contributed by atoms with Crippen LogP contribution in [0.1, 0.15) is 24.0 Å². The summed E-state index contributed by atoms with van der Waals surface area (Å²) in [7, 11) is 1.32. The van der Waals surface area contributed by atoms with Gasteiger partial charge >= 0.3 is 5.97 Å². The summed E-state index contributed by atoms with van der Waals surface area (Å²) in [6, 6.07) is 7.92. The molecule has 1 aromatic rings. The smallest absolute Gasteiger partial charge is 0.321 e. The summed E-state index contributed by atoms with van der Waals surface area (Å²) in [5, 5.41) is 2.80. The minimum Gasteiger partial charge on any atom is -0.468 e. The van der Waals surface area contributed by atoms with Gasteiger partial charge < -0.3 is 10.1 Å². The Labute approximate surface area is 106 Å². The fourth-order valence-corrected chi connectivity index (χ4v) is 1.90. The normalized spacial score (nSPS) is 15.9. The Morgan fingerprint density at radius 1 is 1.28 bits per heavy atom. The summed E-state index contributed by atoms with van der Waals surface area (Å²) in [5.41, 5.74) is 1.28. The van der Waals surface area contributed by atoms with E-state index in [9.17, 15) is 9.59 Å². The molecule has 0 aliphatic heterocycles. The molecule has 2 rings (SSSR count). The summed E-state index contributed by atoms with van der Waals surface area (Å²) >= 11 is 0. The first kappa shape index (κ1) is 12.6. The summed E-state index contributed by atoms with van der Waals surface area (Å²) in [6.07, 6.45) is 1.17. The van der Waals surface area contributed by atoms with Gasteiger partial charge in [-0.15, -0.1) is 0 Å². The minimum atomic E-state index is -0.917. The molecule has 0 aromatic heterocycles. The van der Waals surface area contributed by atoms with Crippen molar-refractivity contribution in [3.8, 4) is 0 Å². The van der Waals surface area contributed by atoms with Crippen LogP contribution in [0.2, 0.25) is 0 Å². The van der Waals surface area contributed by atoms with Crippen LogP contribution >= 0.6 is 0 Å². The Hall–Kier alpha value is -1.84. The minimum absolute atomic E-state index is 0.227. The molecule has 0 unspecified atom stereocenters. The first-order valence-electron chi connectivity index (χ1n) is 6.01. The number of hydrogen-bond acceptors (Lipinski definition) is 3. The highest BCUT2D eigenvalue weighted by molar-refractivity contribution is 6.05. The van der Waals surface area contributed by atoms with Crippen molar-refractivity contribution in [3.05, 3.63) is 35.4 Å². The van der Waals surface area contributed by atoms with Crippen LogP contribution in [0.15, 0.2) is 24.3 Å². The molecule has 1 aromatic carbocycles. The van der Waals surface area contributed by atoms with E-state index in [0.29, 0.717) is 19.4 Å². The van der Waals surface area contributed by atoms with Crippen molar-refractivity contribution in [2.24, 2.45) is 5.41 Å². The van der Waals surface area contributed by atoms with E-state index in [2.05, 4.69) is 10.1 Å². The van der Waals surface area contributed by atoms with E-state index >= 15 is 0 Å². The molecule has 1 aliphatic rings. The molecule has 4 nitrogen and oxygen atoms in total. The maximum atomic E-state index is 12.0. The van der Waals surface area contributed by atoms with E-state index in [1.165, 1.54) is 12.7 Å². The van der Waals surface area contributed by atoms with Crippen molar-refractivity contribution in [3.63, 3.8) is 0 Å². The molecule has 0 spiro atoms. The molecule has 1 amide bonds. The number of nitrogens with one attached hydrogen (secondary N) is 1. The third-order valence-electron chi connectivity index (χ3n) is 3.33. The monoisotopic (exact) mass is 247 g/mol. The molecule has 1 fully saturated rings. The van der Waals surface area contributed by atoms with E-state index in [4.69, 9.17) is 0 Å². The average molecular weight is 247 g/mol. The zero-order valence-corrected chi connectivity index (χ0v) is 10.7. The highest BCUT2D eigenvalue weighted by atomic mass is 16.5. The van der Waals surface area contributed by atoms with Gasteiger partial charge in [-0.2, -0.15) is 0 Å². The second-order valence-electron chi connectivity index (χ2n) is 4.74. The van der Waals surface area contributed by atoms with Gasteiger partial charge in [-0.05, 0) is 25.3 Å². The molecule has 1 aliphatic carbocycles. The van der Waals surface area contributed by atoms with Gasteiger partial charge in [0.1, 0.15) is 5.41 Å². The molecular formula is C14H17NO3. The van der Waals surface area contributed by atoms with Crippen LogP contribution in [0.4, 0.5) is 0 Å². The largest absolute Gasteiger partial charge is 0.468 e. The third kappa shape index (κ3) is 2.37. The summed E-state index contributed by atoms with van der Waals surface area (Å²) in [6.45, 7) is 2.46. The predicted octanol–water partition coefficient (Wildman–Crippen LogP) is 1.56. The number of methoxy groups -OCH3 is 1. The highest BCUT2D eigenvalue weighted by Gasteiger charge is 2.57. The van der Waals surface area contributed by atoms with Crippen LogP contribution in [-0.4, -0.2) is 19.0 Å². The van der Waals surface area contributed by atoms with Gasteiger partial charge in [0.2, 0.25) is 5.91 Å². The van der Waals surface area contributed by atoms with Gasteiger partial charge in [0.15, 0.2) is 0 Å². The number of aryl methyl sites for hydroxylation is 1. The summed E-state index contributed by atoms with van der Waals surface area (Å²) < 4.78 is 4.67. The van der Waals surface area contributed by atoms with Gasteiger partial charge in [-0.3, -0.25) is 9.59 Å². The Kier molecular flexibility index (Phi) is 3.36. The van der Waals surface area contributed by atoms with Crippen molar-refractivity contribution < 1.29 is 14.3 Å². The maximum absolute atomic E-state index is 12.0. The van der Waals surface area contributed by atoms with Gasteiger partial charge in [0, 0.05) is 6.54 Å². The molecule has 4 heteroatoms. The number of carbonyl (C=O) groups excluding carboxylic acids is 2. The van der Waals surface area contributed by atoms with E-state index in [-0.39, 0.29) is 5.91 Å². The van der Waals surface area contributed by atoms with Crippen molar-refractivity contribution >= 4 is 11.9 Å². The molecule has 96 valence electrons. The first-order chi connectivity index (χ1) is 8.58. The third-order valence-corrected chi connectivity index (χ3v) is 3.33. The van der Waals surface area contributed by atoms with Gasteiger partial charge in [-0.1, -0.05) is 29.8 Å². The second kappa shape index (κ2) is 4.80. The van der Waals surface area contributed by atoms with Crippen LogP contribution in [0.3, 0.4) is 0 Å². The molecule has 0 atom stereocenters.